The second-order valence-electron chi connectivity index (χ2n) is 8.57. The number of hydrogen-bond donors (Lipinski definition) is 1. The van der Waals surface area contributed by atoms with Crippen LogP contribution in [-0.4, -0.2) is 50.3 Å². The van der Waals surface area contributed by atoms with Crippen LogP contribution in [0, 0.1) is 19.8 Å². The van der Waals surface area contributed by atoms with Crippen molar-refractivity contribution in [1.82, 2.24) is 9.62 Å². The van der Waals surface area contributed by atoms with Crippen molar-refractivity contribution < 1.29 is 22.7 Å². The highest BCUT2D eigenvalue weighted by Crippen LogP contribution is 2.31. The molecule has 0 spiro atoms. The summed E-state index contributed by atoms with van der Waals surface area (Å²) >= 11 is 0. The third-order valence-electron chi connectivity index (χ3n) is 6.42. The zero-order chi connectivity index (χ0) is 21.9. The Morgan fingerprint density at radius 3 is 2.30 bits per heavy atom. The molecule has 166 valence electrons. The molecule has 2 fully saturated rings. The Hall–Kier alpha value is -1.93. The van der Waals surface area contributed by atoms with Gasteiger partial charge in [0.05, 0.1) is 12.0 Å². The van der Waals surface area contributed by atoms with Gasteiger partial charge in [0.25, 0.3) is 0 Å². The van der Waals surface area contributed by atoms with E-state index in [9.17, 15) is 18.0 Å². The van der Waals surface area contributed by atoms with Gasteiger partial charge in [-0.05, 0) is 51.2 Å². The number of hydrogen-bond acceptors (Lipinski definition) is 5. The first-order valence-corrected chi connectivity index (χ1v) is 12.1. The first-order valence-electron chi connectivity index (χ1n) is 10.7. The van der Waals surface area contributed by atoms with E-state index >= 15 is 0 Å². The number of piperidine rings is 1. The number of sulfonamides is 1. The Balaban J connectivity index is 1.66. The number of ether oxygens (including phenoxy) is 1. The quantitative estimate of drug-likeness (QED) is 0.717. The summed E-state index contributed by atoms with van der Waals surface area (Å²) in [5.74, 6) is -0.865. The second kappa shape index (κ2) is 9.06. The zero-order valence-corrected chi connectivity index (χ0v) is 18.9. The Labute approximate surface area is 179 Å². The van der Waals surface area contributed by atoms with Crippen molar-refractivity contribution in [2.45, 2.75) is 69.2 Å². The summed E-state index contributed by atoms with van der Waals surface area (Å²) in [6.45, 7) is 4.31. The minimum atomic E-state index is -3.59. The van der Waals surface area contributed by atoms with Gasteiger partial charge in [-0.15, -0.1) is 0 Å². The van der Waals surface area contributed by atoms with E-state index in [0.29, 0.717) is 43.7 Å². The number of amides is 1. The van der Waals surface area contributed by atoms with Gasteiger partial charge in [-0.3, -0.25) is 4.79 Å². The number of aryl methyl sites for hydroxylation is 2. The van der Waals surface area contributed by atoms with E-state index in [2.05, 4.69) is 5.32 Å². The summed E-state index contributed by atoms with van der Waals surface area (Å²) in [6.07, 6.45) is 4.85. The van der Waals surface area contributed by atoms with Crippen LogP contribution < -0.4 is 5.32 Å². The normalized spacial score (nSPS) is 20.5. The van der Waals surface area contributed by atoms with Crippen molar-refractivity contribution >= 4 is 21.9 Å². The average Bonchev–Trinajstić information content (AvgIpc) is 2.73. The van der Waals surface area contributed by atoms with Gasteiger partial charge in [0.1, 0.15) is 5.54 Å². The molecule has 1 N–H and O–H groups in total. The molecule has 1 aliphatic heterocycles. The maximum absolute atomic E-state index is 13.1. The molecule has 0 bridgehead atoms. The third kappa shape index (κ3) is 4.54. The Morgan fingerprint density at radius 1 is 1.10 bits per heavy atom. The van der Waals surface area contributed by atoms with Crippen LogP contribution in [0.4, 0.5) is 0 Å². The maximum Gasteiger partial charge on any atom is 0.331 e. The number of esters is 1. The van der Waals surface area contributed by atoms with Crippen LogP contribution in [0.2, 0.25) is 0 Å². The van der Waals surface area contributed by atoms with Gasteiger partial charge in [0, 0.05) is 19.0 Å². The molecule has 1 heterocycles. The first-order chi connectivity index (χ1) is 14.2. The van der Waals surface area contributed by atoms with Gasteiger partial charge in [-0.25, -0.2) is 13.2 Å². The lowest BCUT2D eigenvalue weighted by Crippen LogP contribution is -2.58. The Morgan fingerprint density at radius 2 is 1.73 bits per heavy atom. The molecule has 1 amide bonds. The summed E-state index contributed by atoms with van der Waals surface area (Å²) < 4.78 is 32.5. The van der Waals surface area contributed by atoms with Crippen molar-refractivity contribution in [3.05, 3.63) is 29.3 Å². The molecule has 0 unspecified atom stereocenters. The van der Waals surface area contributed by atoms with Crippen molar-refractivity contribution in [1.29, 1.82) is 0 Å². The molecule has 7 nitrogen and oxygen atoms in total. The van der Waals surface area contributed by atoms with Crippen LogP contribution in [0.5, 0.6) is 0 Å². The largest absolute Gasteiger partial charge is 0.467 e. The molecule has 0 radical (unpaired) electrons. The molecule has 3 rings (SSSR count). The average molecular weight is 437 g/mol. The topological polar surface area (TPSA) is 92.8 Å². The third-order valence-corrected chi connectivity index (χ3v) is 8.48. The number of carbonyl (C=O) groups is 2. The summed E-state index contributed by atoms with van der Waals surface area (Å²) in [5.41, 5.74) is 0.808. The molecule has 2 aliphatic rings. The molecular formula is C22H32N2O5S. The molecule has 1 saturated carbocycles. The second-order valence-corrected chi connectivity index (χ2v) is 10.5. The lowest BCUT2D eigenvalue weighted by atomic mass is 9.81. The molecule has 1 aromatic carbocycles. The van der Waals surface area contributed by atoms with E-state index in [1.54, 1.807) is 19.1 Å². The van der Waals surface area contributed by atoms with E-state index in [1.807, 2.05) is 13.0 Å². The van der Waals surface area contributed by atoms with Crippen molar-refractivity contribution in [2.75, 3.05) is 20.2 Å². The number of nitrogens with zero attached hydrogens (tertiary/aromatic N) is 1. The molecule has 0 aromatic heterocycles. The SMILES string of the molecule is COC(=O)C1(NC(=O)C2CCN(S(=O)(=O)c3ccc(C)cc3C)CC2)CCCCC1. The van der Waals surface area contributed by atoms with Gasteiger partial charge < -0.3 is 10.1 Å². The van der Waals surface area contributed by atoms with Crippen LogP contribution in [0.3, 0.4) is 0 Å². The van der Waals surface area contributed by atoms with Crippen LogP contribution in [0.1, 0.15) is 56.1 Å². The number of benzene rings is 1. The molecule has 1 saturated heterocycles. The highest BCUT2D eigenvalue weighted by atomic mass is 32.2. The van der Waals surface area contributed by atoms with Gasteiger partial charge in [-0.1, -0.05) is 37.0 Å². The molecule has 0 atom stereocenters. The van der Waals surface area contributed by atoms with Crippen molar-refractivity contribution in [3.63, 3.8) is 0 Å². The van der Waals surface area contributed by atoms with Gasteiger partial charge in [-0.2, -0.15) is 4.31 Å². The van der Waals surface area contributed by atoms with Crippen molar-refractivity contribution in [2.24, 2.45) is 5.92 Å². The summed E-state index contributed by atoms with van der Waals surface area (Å²) in [4.78, 5) is 25.6. The van der Waals surface area contributed by atoms with Crippen LogP contribution in [0.15, 0.2) is 23.1 Å². The lowest BCUT2D eigenvalue weighted by molar-refractivity contribution is -0.153. The highest BCUT2D eigenvalue weighted by molar-refractivity contribution is 7.89. The monoisotopic (exact) mass is 436 g/mol. The summed E-state index contributed by atoms with van der Waals surface area (Å²) in [7, 11) is -2.24. The van der Waals surface area contributed by atoms with E-state index in [4.69, 9.17) is 4.74 Å². The maximum atomic E-state index is 13.1. The summed E-state index contributed by atoms with van der Waals surface area (Å²) in [6, 6.07) is 5.32. The fraction of sp³-hybridized carbons (Fsp3) is 0.636. The lowest BCUT2D eigenvalue weighted by Gasteiger charge is -2.37. The van der Waals surface area contributed by atoms with Gasteiger partial charge >= 0.3 is 5.97 Å². The van der Waals surface area contributed by atoms with E-state index < -0.39 is 15.6 Å². The van der Waals surface area contributed by atoms with Crippen molar-refractivity contribution in [3.8, 4) is 0 Å². The minimum absolute atomic E-state index is 0.175. The molecule has 1 aromatic rings. The fourth-order valence-electron chi connectivity index (χ4n) is 4.65. The van der Waals surface area contributed by atoms with Gasteiger partial charge in [0.2, 0.25) is 15.9 Å². The Kier molecular flexibility index (Phi) is 6.87. The van der Waals surface area contributed by atoms with Crippen LogP contribution in [0.25, 0.3) is 0 Å². The number of nitrogens with one attached hydrogen (secondary N) is 1. The van der Waals surface area contributed by atoms with E-state index in [0.717, 1.165) is 30.4 Å². The van der Waals surface area contributed by atoms with Crippen LogP contribution in [-0.2, 0) is 24.3 Å². The van der Waals surface area contributed by atoms with Gasteiger partial charge in [0.15, 0.2) is 0 Å². The molecular weight excluding hydrogens is 404 g/mol. The molecule has 30 heavy (non-hydrogen) atoms. The standard InChI is InChI=1S/C22H32N2O5S/c1-16-7-8-19(17(2)15-16)30(27,28)24-13-9-18(10-14-24)20(25)23-22(21(26)29-3)11-5-4-6-12-22/h7-8,15,18H,4-6,9-14H2,1-3H3,(H,23,25). The molecule has 8 heteroatoms. The Bertz CT molecular complexity index is 898. The van der Waals surface area contributed by atoms with Crippen LogP contribution >= 0.6 is 0 Å². The summed E-state index contributed by atoms with van der Waals surface area (Å²) in [5, 5.41) is 2.97. The molecule has 1 aliphatic carbocycles. The predicted octanol–water partition coefficient (Wildman–Crippen LogP) is 2.70. The number of methoxy groups -OCH3 is 1. The smallest absolute Gasteiger partial charge is 0.331 e. The zero-order valence-electron chi connectivity index (χ0n) is 18.1. The number of carbonyl (C=O) groups excluding carboxylic acids is 2. The highest BCUT2D eigenvalue weighted by Gasteiger charge is 2.43. The number of rotatable bonds is 5. The first kappa shape index (κ1) is 22.7. The van der Waals surface area contributed by atoms with E-state index in [-0.39, 0.29) is 17.8 Å². The van der Waals surface area contributed by atoms with E-state index in [1.165, 1.54) is 11.4 Å². The minimum Gasteiger partial charge on any atom is -0.467 e. The fourth-order valence-corrected chi connectivity index (χ4v) is 6.33. The predicted molar refractivity (Wildman–Crippen MR) is 113 cm³/mol.